The van der Waals surface area contributed by atoms with Crippen LogP contribution >= 0.6 is 0 Å². The number of benzene rings is 1. The van der Waals surface area contributed by atoms with Crippen LogP contribution in [0.2, 0.25) is 0 Å². The van der Waals surface area contributed by atoms with Crippen LogP contribution in [0.5, 0.6) is 0 Å². The summed E-state index contributed by atoms with van der Waals surface area (Å²) in [5.41, 5.74) is 6.43. The Labute approximate surface area is 86.8 Å². The summed E-state index contributed by atoms with van der Waals surface area (Å²) in [4.78, 5) is 7.82. The highest BCUT2D eigenvalue weighted by molar-refractivity contribution is 5.58. The van der Waals surface area contributed by atoms with Crippen molar-refractivity contribution in [2.75, 3.05) is 0 Å². The van der Waals surface area contributed by atoms with Crippen molar-refractivity contribution in [2.45, 2.75) is 6.54 Å². The molecule has 1 heterocycles. The number of hydrogen-bond donors (Lipinski definition) is 1. The Kier molecular flexibility index (Phi) is 2.69. The van der Waals surface area contributed by atoms with Crippen LogP contribution in [0, 0.1) is 5.82 Å². The minimum atomic E-state index is -0.432. The Morgan fingerprint density at radius 2 is 1.93 bits per heavy atom. The molecule has 0 atom stereocenters. The lowest BCUT2D eigenvalue weighted by Crippen LogP contribution is -2.05. The van der Waals surface area contributed by atoms with Gasteiger partial charge in [0, 0.05) is 5.56 Å². The molecule has 76 valence electrons. The molecule has 0 aliphatic carbocycles. The van der Waals surface area contributed by atoms with Crippen LogP contribution in [-0.2, 0) is 6.54 Å². The van der Waals surface area contributed by atoms with Gasteiger partial charge in [-0.1, -0.05) is 30.3 Å². The smallest absolute Gasteiger partial charge is 0.167 e. The molecule has 0 bridgehead atoms. The second-order valence-electron chi connectivity index (χ2n) is 3.05. The zero-order valence-electron chi connectivity index (χ0n) is 8.02. The van der Waals surface area contributed by atoms with Gasteiger partial charge in [-0.15, -0.1) is 0 Å². The zero-order valence-corrected chi connectivity index (χ0v) is 8.02. The van der Waals surface area contributed by atoms with Gasteiger partial charge < -0.3 is 5.73 Å². The van der Waals surface area contributed by atoms with E-state index in [1.54, 1.807) is 12.1 Å². The van der Waals surface area contributed by atoms with E-state index in [0.717, 1.165) is 11.8 Å². The number of nitrogens with two attached hydrogens (primary N) is 1. The van der Waals surface area contributed by atoms with Crippen LogP contribution in [0.3, 0.4) is 0 Å². The molecule has 0 radical (unpaired) electrons. The van der Waals surface area contributed by atoms with Gasteiger partial charge in [0.05, 0.1) is 12.7 Å². The maximum Gasteiger partial charge on any atom is 0.167 e. The molecule has 15 heavy (non-hydrogen) atoms. The SMILES string of the molecule is NCc1ncc(F)c(-c2ccccc2)n1. The number of aromatic nitrogens is 2. The van der Waals surface area contributed by atoms with E-state index >= 15 is 0 Å². The lowest BCUT2D eigenvalue weighted by molar-refractivity contribution is 0.613. The van der Waals surface area contributed by atoms with Crippen molar-refractivity contribution in [2.24, 2.45) is 5.73 Å². The third kappa shape index (κ3) is 1.99. The maximum atomic E-state index is 13.4. The van der Waals surface area contributed by atoms with Gasteiger partial charge in [0.15, 0.2) is 5.82 Å². The topological polar surface area (TPSA) is 51.8 Å². The molecule has 0 fully saturated rings. The molecular formula is C11H10FN3. The third-order valence-corrected chi connectivity index (χ3v) is 2.02. The molecule has 2 rings (SSSR count). The summed E-state index contributed by atoms with van der Waals surface area (Å²) in [7, 11) is 0. The van der Waals surface area contributed by atoms with Gasteiger partial charge in [-0.05, 0) is 0 Å². The Bertz CT molecular complexity index is 457. The molecule has 3 nitrogen and oxygen atoms in total. The van der Waals surface area contributed by atoms with Crippen molar-refractivity contribution in [3.63, 3.8) is 0 Å². The third-order valence-electron chi connectivity index (χ3n) is 2.02. The lowest BCUT2D eigenvalue weighted by atomic mass is 10.1. The normalized spacial score (nSPS) is 10.3. The van der Waals surface area contributed by atoms with E-state index in [-0.39, 0.29) is 6.54 Å². The van der Waals surface area contributed by atoms with E-state index in [0.29, 0.717) is 11.5 Å². The van der Waals surface area contributed by atoms with E-state index < -0.39 is 5.82 Å². The average Bonchev–Trinajstić information content (AvgIpc) is 2.31. The van der Waals surface area contributed by atoms with Crippen LogP contribution in [0.15, 0.2) is 36.5 Å². The summed E-state index contributed by atoms with van der Waals surface area (Å²) in [6.45, 7) is 0.208. The van der Waals surface area contributed by atoms with Crippen LogP contribution < -0.4 is 5.73 Å². The highest BCUT2D eigenvalue weighted by Crippen LogP contribution is 2.19. The fraction of sp³-hybridized carbons (Fsp3) is 0.0909. The molecule has 4 heteroatoms. The summed E-state index contributed by atoms with van der Waals surface area (Å²) in [5, 5.41) is 0. The highest BCUT2D eigenvalue weighted by Gasteiger charge is 2.07. The zero-order chi connectivity index (χ0) is 10.7. The van der Waals surface area contributed by atoms with Gasteiger partial charge in [-0.3, -0.25) is 0 Å². The summed E-state index contributed by atoms with van der Waals surface area (Å²) in [5.74, 6) is 0.00801. The predicted molar refractivity (Wildman–Crippen MR) is 55.3 cm³/mol. The van der Waals surface area contributed by atoms with Gasteiger partial charge in [0.25, 0.3) is 0 Å². The van der Waals surface area contributed by atoms with Gasteiger partial charge in [0.2, 0.25) is 0 Å². The monoisotopic (exact) mass is 203 g/mol. The second-order valence-corrected chi connectivity index (χ2v) is 3.05. The molecule has 1 aromatic heterocycles. The Morgan fingerprint density at radius 3 is 2.60 bits per heavy atom. The molecule has 0 saturated carbocycles. The van der Waals surface area contributed by atoms with Crippen molar-refractivity contribution >= 4 is 0 Å². The number of rotatable bonds is 2. The summed E-state index contributed by atoms with van der Waals surface area (Å²) in [6.07, 6.45) is 1.15. The summed E-state index contributed by atoms with van der Waals surface area (Å²) < 4.78 is 13.4. The van der Waals surface area contributed by atoms with Crippen LogP contribution in [0.4, 0.5) is 4.39 Å². The molecule has 2 N–H and O–H groups in total. The molecule has 0 aliphatic rings. The van der Waals surface area contributed by atoms with Gasteiger partial charge in [-0.2, -0.15) is 0 Å². The minimum absolute atomic E-state index is 0.208. The van der Waals surface area contributed by atoms with Crippen LogP contribution in [-0.4, -0.2) is 9.97 Å². The minimum Gasteiger partial charge on any atom is -0.324 e. The van der Waals surface area contributed by atoms with Crippen LogP contribution in [0.1, 0.15) is 5.82 Å². The van der Waals surface area contributed by atoms with Crippen molar-refractivity contribution in [3.8, 4) is 11.3 Å². The van der Waals surface area contributed by atoms with E-state index in [1.165, 1.54) is 0 Å². The van der Waals surface area contributed by atoms with E-state index in [1.807, 2.05) is 18.2 Å². The van der Waals surface area contributed by atoms with Gasteiger partial charge >= 0.3 is 0 Å². The van der Waals surface area contributed by atoms with E-state index in [4.69, 9.17) is 5.73 Å². The highest BCUT2D eigenvalue weighted by atomic mass is 19.1. The lowest BCUT2D eigenvalue weighted by Gasteiger charge is -2.03. The van der Waals surface area contributed by atoms with Crippen molar-refractivity contribution in [1.29, 1.82) is 0 Å². The first-order chi connectivity index (χ1) is 7.31. The second kappa shape index (κ2) is 4.14. The first-order valence-electron chi connectivity index (χ1n) is 4.58. The molecule has 0 unspecified atom stereocenters. The molecule has 0 spiro atoms. The molecule has 1 aromatic carbocycles. The molecule has 0 aliphatic heterocycles. The Hall–Kier alpha value is -1.81. The van der Waals surface area contributed by atoms with Crippen molar-refractivity contribution in [3.05, 3.63) is 48.2 Å². The maximum absolute atomic E-state index is 13.4. The number of nitrogens with zero attached hydrogens (tertiary/aromatic N) is 2. The van der Waals surface area contributed by atoms with Crippen molar-refractivity contribution in [1.82, 2.24) is 9.97 Å². The average molecular weight is 203 g/mol. The Balaban J connectivity index is 2.52. The van der Waals surface area contributed by atoms with Gasteiger partial charge in [-0.25, -0.2) is 14.4 Å². The molecular weight excluding hydrogens is 193 g/mol. The first kappa shape index (κ1) is 9.73. The van der Waals surface area contributed by atoms with E-state index in [2.05, 4.69) is 9.97 Å². The van der Waals surface area contributed by atoms with Crippen LogP contribution in [0.25, 0.3) is 11.3 Å². The van der Waals surface area contributed by atoms with Crippen molar-refractivity contribution < 1.29 is 4.39 Å². The van der Waals surface area contributed by atoms with Gasteiger partial charge in [0.1, 0.15) is 11.5 Å². The fourth-order valence-electron chi connectivity index (χ4n) is 1.30. The number of halogens is 1. The largest absolute Gasteiger partial charge is 0.324 e. The molecule has 2 aromatic rings. The quantitative estimate of drug-likeness (QED) is 0.808. The predicted octanol–water partition coefficient (Wildman–Crippen LogP) is 1.74. The fourth-order valence-corrected chi connectivity index (χ4v) is 1.30. The summed E-state index contributed by atoms with van der Waals surface area (Å²) >= 11 is 0. The van der Waals surface area contributed by atoms with E-state index in [9.17, 15) is 4.39 Å². The molecule has 0 amide bonds. The summed E-state index contributed by atoms with van der Waals surface area (Å²) in [6, 6.07) is 9.13. The molecule has 0 saturated heterocycles. The number of hydrogen-bond acceptors (Lipinski definition) is 3. The standard InChI is InChI=1S/C11H10FN3/c12-9-7-14-10(6-13)15-11(9)8-4-2-1-3-5-8/h1-5,7H,6,13H2. The Morgan fingerprint density at radius 1 is 1.20 bits per heavy atom. The first-order valence-corrected chi connectivity index (χ1v) is 4.58.